The van der Waals surface area contributed by atoms with Gasteiger partial charge >= 0.3 is 0 Å². The summed E-state index contributed by atoms with van der Waals surface area (Å²) in [6, 6.07) is 0. The maximum Gasteiger partial charge on any atom is 0 e. The number of hydrogen-bond acceptors (Lipinski definition) is 0. The normalized spacial score (nSPS) is 16.1. The van der Waals surface area contributed by atoms with E-state index in [1.54, 1.807) is 0 Å². The zero-order valence-electron chi connectivity index (χ0n) is 13.4. The summed E-state index contributed by atoms with van der Waals surface area (Å²) < 4.78 is 0. The quantitative estimate of drug-likeness (QED) is 0.383. The van der Waals surface area contributed by atoms with Crippen LogP contribution in [0.4, 0.5) is 0 Å². The molecule has 3 radical (unpaired) electrons. The van der Waals surface area contributed by atoms with E-state index in [-0.39, 0.29) is 98.1 Å². The Bertz CT molecular complexity index is 134. The van der Waals surface area contributed by atoms with Crippen LogP contribution in [0.1, 0.15) is 59.3 Å². The predicted molar refractivity (Wildman–Crippen MR) is 74.8 cm³/mol. The van der Waals surface area contributed by atoms with Crippen LogP contribution in [0.2, 0.25) is 0 Å². The van der Waals surface area contributed by atoms with Gasteiger partial charge in [-0.05, 0) is 5.92 Å². The first-order valence-electron chi connectivity index (χ1n) is 6.91. The van der Waals surface area contributed by atoms with Crippen molar-refractivity contribution in [1.29, 1.82) is 0 Å². The molecule has 3 heteroatoms. The molecule has 0 aliphatic carbocycles. The zero-order chi connectivity index (χ0) is 12.6. The summed E-state index contributed by atoms with van der Waals surface area (Å²) in [5.41, 5.74) is 0. The Kier molecular flexibility index (Phi) is 30.8. The molecule has 0 rings (SSSR count). The van der Waals surface area contributed by atoms with Gasteiger partial charge in [-0.2, -0.15) is 19.3 Å². The molecule has 0 aliphatic heterocycles. The second kappa shape index (κ2) is 19.4. The Morgan fingerprint density at radius 3 is 0.947 bits per heavy atom. The van der Waals surface area contributed by atoms with Gasteiger partial charge in [-0.1, -0.05) is 57.8 Å². The molecule has 0 fully saturated rings. The molecule has 0 amide bonds. The van der Waals surface area contributed by atoms with E-state index in [0.29, 0.717) is 0 Å². The molecule has 0 bridgehead atoms. The van der Waals surface area contributed by atoms with Crippen LogP contribution in [-0.2, 0) is 98.1 Å². The van der Waals surface area contributed by atoms with Gasteiger partial charge in [0.25, 0.3) is 0 Å². The third-order valence-corrected chi connectivity index (χ3v) is 3.69. The average Bonchev–Trinajstić information content (AvgIpc) is 2.28. The van der Waals surface area contributed by atoms with Crippen LogP contribution >= 0.6 is 0 Å². The van der Waals surface area contributed by atoms with Crippen molar-refractivity contribution in [1.82, 2.24) is 0 Å². The van der Waals surface area contributed by atoms with Gasteiger partial charge in [0.2, 0.25) is 0 Å². The van der Waals surface area contributed by atoms with Crippen molar-refractivity contribution in [2.45, 2.75) is 59.3 Å². The summed E-state index contributed by atoms with van der Waals surface area (Å²) in [6.45, 7) is 19.0. The fourth-order valence-corrected chi connectivity index (χ4v) is 2.35. The Hall–Kier alpha value is 3.31. The predicted octanol–water partition coefficient (Wildman–Crippen LogP) is 5.35. The fourth-order valence-electron chi connectivity index (χ4n) is 2.35. The van der Waals surface area contributed by atoms with Gasteiger partial charge in [-0.15, -0.1) is 0 Å². The molecule has 0 heterocycles. The second-order valence-corrected chi connectivity index (χ2v) is 5.75. The Morgan fingerprint density at radius 2 is 0.789 bits per heavy atom. The summed E-state index contributed by atoms with van der Waals surface area (Å²) >= 11 is 0. The molecule has 0 spiro atoms. The Morgan fingerprint density at radius 1 is 0.579 bits per heavy atom. The van der Waals surface area contributed by atoms with E-state index in [4.69, 9.17) is 0 Å². The molecule has 0 aliphatic rings. The SMILES string of the molecule is [CH2-]CC(C)CC(CC(C)C[CH2-])CC(C)C[CH2-].[Y].[Y].[Y]. The summed E-state index contributed by atoms with van der Waals surface area (Å²) in [5, 5.41) is 0. The van der Waals surface area contributed by atoms with E-state index in [2.05, 4.69) is 41.5 Å². The average molecular weight is 490 g/mol. The van der Waals surface area contributed by atoms with Crippen molar-refractivity contribution in [3.05, 3.63) is 20.8 Å². The van der Waals surface area contributed by atoms with Crippen LogP contribution in [0.15, 0.2) is 0 Å². The topological polar surface area (TPSA) is 0 Å². The van der Waals surface area contributed by atoms with Gasteiger partial charge in [0.15, 0.2) is 0 Å². The molecule has 3 atom stereocenters. The van der Waals surface area contributed by atoms with Crippen molar-refractivity contribution in [3.8, 4) is 0 Å². The number of hydrogen-bond donors (Lipinski definition) is 0. The van der Waals surface area contributed by atoms with E-state index in [9.17, 15) is 0 Å². The maximum atomic E-state index is 4.01. The molecule has 0 nitrogen and oxygen atoms in total. The molecule has 0 aromatic carbocycles. The molecule has 107 valence electrons. The molecular weight excluding hydrogens is 459 g/mol. The summed E-state index contributed by atoms with van der Waals surface area (Å²) in [4.78, 5) is 0. The molecule has 0 N–H and O–H groups in total. The molecule has 0 aromatic rings. The van der Waals surface area contributed by atoms with Crippen molar-refractivity contribution in [3.63, 3.8) is 0 Å². The van der Waals surface area contributed by atoms with Gasteiger partial charge in [-0.3, -0.25) is 0 Å². The van der Waals surface area contributed by atoms with Gasteiger partial charge in [0.05, 0.1) is 0 Å². The number of rotatable bonds is 9. The monoisotopic (exact) mass is 490 g/mol. The zero-order valence-corrected chi connectivity index (χ0v) is 21.9. The van der Waals surface area contributed by atoms with Crippen molar-refractivity contribution in [2.75, 3.05) is 0 Å². The van der Waals surface area contributed by atoms with Crippen molar-refractivity contribution in [2.24, 2.45) is 23.7 Å². The van der Waals surface area contributed by atoms with Crippen molar-refractivity contribution >= 4 is 0 Å². The fraction of sp³-hybridized carbons (Fsp3) is 0.812. The second-order valence-electron chi connectivity index (χ2n) is 5.75. The van der Waals surface area contributed by atoms with Crippen LogP contribution in [-0.4, -0.2) is 0 Å². The third-order valence-electron chi connectivity index (χ3n) is 3.69. The molecular formula is C16H31Y3-3. The van der Waals surface area contributed by atoms with Crippen LogP contribution in [0.5, 0.6) is 0 Å². The van der Waals surface area contributed by atoms with Gasteiger partial charge < -0.3 is 20.8 Å². The Balaban J connectivity index is -0.000000375. The minimum absolute atomic E-state index is 0. The van der Waals surface area contributed by atoms with Gasteiger partial charge in [0.1, 0.15) is 0 Å². The van der Waals surface area contributed by atoms with E-state index < -0.39 is 0 Å². The minimum Gasteiger partial charge on any atom is -0.343 e. The third kappa shape index (κ3) is 17.5. The van der Waals surface area contributed by atoms with Gasteiger partial charge in [0, 0.05) is 98.1 Å². The van der Waals surface area contributed by atoms with Gasteiger partial charge in [-0.25, -0.2) is 0 Å². The smallest absolute Gasteiger partial charge is 0 e. The van der Waals surface area contributed by atoms with E-state index in [0.717, 1.165) is 42.9 Å². The minimum atomic E-state index is 0. The summed E-state index contributed by atoms with van der Waals surface area (Å²) in [5.74, 6) is 3.14. The largest absolute Gasteiger partial charge is 0.343 e. The van der Waals surface area contributed by atoms with E-state index in [1.807, 2.05) is 0 Å². The standard InChI is InChI=1S/C16H31.3Y/c1-7-13(4)10-16(11-14(5)8-2)12-15(6)9-3;;;/h13-16H,1-3,7-12H2,4-6H3;;;/q-3;;;. The summed E-state index contributed by atoms with van der Waals surface area (Å²) in [6.07, 6.45) is 7.19. The van der Waals surface area contributed by atoms with Crippen LogP contribution in [0.3, 0.4) is 0 Å². The molecule has 3 unspecified atom stereocenters. The van der Waals surface area contributed by atoms with Crippen LogP contribution in [0, 0.1) is 44.4 Å². The van der Waals surface area contributed by atoms with Crippen LogP contribution in [0.25, 0.3) is 0 Å². The van der Waals surface area contributed by atoms with Crippen LogP contribution < -0.4 is 0 Å². The first-order chi connectivity index (χ1) is 7.53. The van der Waals surface area contributed by atoms with E-state index >= 15 is 0 Å². The first kappa shape index (κ1) is 30.2. The molecule has 0 aromatic heterocycles. The first-order valence-corrected chi connectivity index (χ1v) is 6.91. The molecule has 19 heavy (non-hydrogen) atoms. The molecule has 0 saturated carbocycles. The van der Waals surface area contributed by atoms with E-state index in [1.165, 1.54) is 19.3 Å². The summed E-state index contributed by atoms with van der Waals surface area (Å²) in [7, 11) is 0. The molecule has 0 saturated heterocycles. The maximum absolute atomic E-state index is 4.01. The Labute approximate surface area is 198 Å². The van der Waals surface area contributed by atoms with Crippen molar-refractivity contribution < 1.29 is 98.1 Å².